The second-order valence-corrected chi connectivity index (χ2v) is 6.19. The molecule has 0 saturated heterocycles. The molecule has 0 saturated carbocycles. The summed E-state index contributed by atoms with van der Waals surface area (Å²) in [5.74, 6) is 0. The third-order valence-corrected chi connectivity index (χ3v) is 3.39. The predicted molar refractivity (Wildman–Crippen MR) is 77.4 cm³/mol. The Hall–Kier alpha value is -0.990. The fourth-order valence-corrected chi connectivity index (χ4v) is 2.71. The number of hydrogen-bond donors (Lipinski definition) is 0. The van der Waals surface area contributed by atoms with Crippen LogP contribution in [0, 0.1) is 0 Å². The first-order valence-electron chi connectivity index (χ1n) is 5.79. The highest BCUT2D eigenvalue weighted by atomic mass is 35.5. The second kappa shape index (κ2) is 4.60. The van der Waals surface area contributed by atoms with Gasteiger partial charge in [0.15, 0.2) is 5.15 Å². The molecule has 0 spiro atoms. The molecule has 96 valence electrons. The summed E-state index contributed by atoms with van der Waals surface area (Å²) in [5.41, 5.74) is 3.13. The van der Waals surface area contributed by atoms with Gasteiger partial charge in [0.05, 0.1) is 5.69 Å². The minimum atomic E-state index is -0.0552. The number of halogens is 2. The SMILES string of the molecule is Cn1nc(Cl)c(C(C)(C)C)c1-c1ccc(Cl)cc1. The molecule has 0 aliphatic heterocycles. The minimum Gasteiger partial charge on any atom is -0.266 e. The number of aromatic nitrogens is 2. The molecule has 0 unspecified atom stereocenters. The first-order chi connectivity index (χ1) is 8.30. The van der Waals surface area contributed by atoms with Gasteiger partial charge in [-0.15, -0.1) is 0 Å². The van der Waals surface area contributed by atoms with E-state index >= 15 is 0 Å². The van der Waals surface area contributed by atoms with Crippen LogP contribution < -0.4 is 0 Å². The van der Waals surface area contributed by atoms with Gasteiger partial charge in [0.1, 0.15) is 0 Å². The van der Waals surface area contributed by atoms with Gasteiger partial charge in [-0.2, -0.15) is 5.10 Å². The maximum Gasteiger partial charge on any atom is 0.155 e. The van der Waals surface area contributed by atoms with Gasteiger partial charge in [-0.25, -0.2) is 0 Å². The maximum absolute atomic E-state index is 6.26. The van der Waals surface area contributed by atoms with Crippen molar-refractivity contribution in [2.24, 2.45) is 7.05 Å². The molecule has 0 bridgehead atoms. The lowest BCUT2D eigenvalue weighted by molar-refractivity contribution is 0.591. The van der Waals surface area contributed by atoms with Crippen LogP contribution in [0.4, 0.5) is 0 Å². The summed E-state index contributed by atoms with van der Waals surface area (Å²) in [6.45, 7) is 6.40. The maximum atomic E-state index is 6.26. The van der Waals surface area contributed by atoms with Crippen molar-refractivity contribution in [2.75, 3.05) is 0 Å². The number of nitrogens with zero attached hydrogens (tertiary/aromatic N) is 2. The molecule has 0 radical (unpaired) electrons. The molecule has 2 nitrogen and oxygen atoms in total. The van der Waals surface area contributed by atoms with Crippen molar-refractivity contribution in [1.82, 2.24) is 9.78 Å². The normalized spacial score (nSPS) is 11.9. The van der Waals surface area contributed by atoms with Gasteiger partial charge in [0.25, 0.3) is 0 Å². The summed E-state index contributed by atoms with van der Waals surface area (Å²) >= 11 is 12.2. The van der Waals surface area contributed by atoms with Crippen molar-refractivity contribution in [2.45, 2.75) is 26.2 Å². The van der Waals surface area contributed by atoms with E-state index in [0.29, 0.717) is 5.15 Å². The fraction of sp³-hybridized carbons (Fsp3) is 0.357. The van der Waals surface area contributed by atoms with E-state index in [1.54, 1.807) is 0 Å². The summed E-state index contributed by atoms with van der Waals surface area (Å²) in [7, 11) is 1.91. The third kappa shape index (κ3) is 2.40. The Kier molecular flexibility index (Phi) is 3.43. The van der Waals surface area contributed by atoms with Gasteiger partial charge in [-0.05, 0) is 17.5 Å². The Bertz CT molecular complexity index is 563. The van der Waals surface area contributed by atoms with Crippen molar-refractivity contribution in [3.8, 4) is 11.3 Å². The van der Waals surface area contributed by atoms with Crippen molar-refractivity contribution in [1.29, 1.82) is 0 Å². The zero-order valence-corrected chi connectivity index (χ0v) is 12.5. The van der Waals surface area contributed by atoms with E-state index in [1.807, 2.05) is 36.0 Å². The van der Waals surface area contributed by atoms with Gasteiger partial charge in [0, 0.05) is 23.2 Å². The van der Waals surface area contributed by atoms with Gasteiger partial charge >= 0.3 is 0 Å². The van der Waals surface area contributed by atoms with Gasteiger partial charge < -0.3 is 0 Å². The molecule has 0 atom stereocenters. The van der Waals surface area contributed by atoms with Crippen LogP contribution in [0.3, 0.4) is 0 Å². The summed E-state index contributed by atoms with van der Waals surface area (Å²) in [6.07, 6.45) is 0. The van der Waals surface area contributed by atoms with Crippen molar-refractivity contribution in [3.63, 3.8) is 0 Å². The molecule has 4 heteroatoms. The summed E-state index contributed by atoms with van der Waals surface area (Å²) in [4.78, 5) is 0. The number of aryl methyl sites for hydroxylation is 1. The van der Waals surface area contributed by atoms with Crippen LogP contribution >= 0.6 is 23.2 Å². The van der Waals surface area contributed by atoms with E-state index in [4.69, 9.17) is 23.2 Å². The molecular weight excluding hydrogens is 267 g/mol. The van der Waals surface area contributed by atoms with E-state index in [9.17, 15) is 0 Å². The molecule has 0 N–H and O–H groups in total. The fourth-order valence-electron chi connectivity index (χ4n) is 2.09. The second-order valence-electron chi connectivity index (χ2n) is 5.39. The molecular formula is C14H16Cl2N2. The topological polar surface area (TPSA) is 17.8 Å². The van der Waals surface area contributed by atoms with E-state index in [-0.39, 0.29) is 5.41 Å². The van der Waals surface area contributed by atoms with Crippen LogP contribution in [0.5, 0.6) is 0 Å². The van der Waals surface area contributed by atoms with Gasteiger partial charge in [0.2, 0.25) is 0 Å². The number of benzene rings is 1. The largest absolute Gasteiger partial charge is 0.266 e. The Morgan fingerprint density at radius 2 is 1.61 bits per heavy atom. The van der Waals surface area contributed by atoms with Gasteiger partial charge in [-0.1, -0.05) is 56.1 Å². The predicted octanol–water partition coefficient (Wildman–Crippen LogP) is 4.69. The molecule has 0 aliphatic carbocycles. The highest BCUT2D eigenvalue weighted by Gasteiger charge is 2.26. The highest BCUT2D eigenvalue weighted by molar-refractivity contribution is 6.31. The Morgan fingerprint density at radius 1 is 1.06 bits per heavy atom. The zero-order chi connectivity index (χ0) is 13.5. The van der Waals surface area contributed by atoms with E-state index in [0.717, 1.165) is 21.8 Å². The lowest BCUT2D eigenvalue weighted by atomic mass is 9.85. The standard InChI is InChI=1S/C14H16Cl2N2/c1-14(2,3)11-12(18(4)17-13(11)16)9-5-7-10(15)8-6-9/h5-8H,1-4H3. The van der Waals surface area contributed by atoms with E-state index in [1.165, 1.54) is 0 Å². The molecule has 1 aromatic heterocycles. The van der Waals surface area contributed by atoms with E-state index in [2.05, 4.69) is 25.9 Å². The summed E-state index contributed by atoms with van der Waals surface area (Å²) < 4.78 is 1.83. The average molecular weight is 283 g/mol. The van der Waals surface area contributed by atoms with Crippen LogP contribution in [0.15, 0.2) is 24.3 Å². The Balaban J connectivity index is 2.67. The molecule has 0 amide bonds. The summed E-state index contributed by atoms with van der Waals surface area (Å²) in [5, 5.41) is 5.62. The summed E-state index contributed by atoms with van der Waals surface area (Å²) in [6, 6.07) is 7.74. The van der Waals surface area contributed by atoms with Crippen molar-refractivity contribution < 1.29 is 0 Å². The van der Waals surface area contributed by atoms with Crippen molar-refractivity contribution >= 4 is 23.2 Å². The van der Waals surface area contributed by atoms with Crippen molar-refractivity contribution in [3.05, 3.63) is 40.0 Å². The van der Waals surface area contributed by atoms with Crippen LogP contribution in [0.1, 0.15) is 26.3 Å². The smallest absolute Gasteiger partial charge is 0.155 e. The van der Waals surface area contributed by atoms with Crippen LogP contribution in [-0.4, -0.2) is 9.78 Å². The molecule has 0 fully saturated rings. The average Bonchev–Trinajstić information content (AvgIpc) is 2.54. The van der Waals surface area contributed by atoms with Gasteiger partial charge in [-0.3, -0.25) is 4.68 Å². The molecule has 1 heterocycles. The van der Waals surface area contributed by atoms with Crippen LogP contribution in [0.2, 0.25) is 10.2 Å². The molecule has 0 aliphatic rings. The van der Waals surface area contributed by atoms with E-state index < -0.39 is 0 Å². The van der Waals surface area contributed by atoms with Crippen LogP contribution in [0.25, 0.3) is 11.3 Å². The molecule has 1 aromatic carbocycles. The minimum absolute atomic E-state index is 0.0552. The molecule has 2 rings (SSSR count). The lowest BCUT2D eigenvalue weighted by Crippen LogP contribution is -2.12. The quantitative estimate of drug-likeness (QED) is 0.742. The Labute approximate surface area is 118 Å². The molecule has 18 heavy (non-hydrogen) atoms. The Morgan fingerprint density at radius 3 is 2.11 bits per heavy atom. The first-order valence-corrected chi connectivity index (χ1v) is 6.55. The zero-order valence-electron chi connectivity index (χ0n) is 11.0. The van der Waals surface area contributed by atoms with Crippen LogP contribution in [-0.2, 0) is 12.5 Å². The third-order valence-electron chi connectivity index (χ3n) is 2.87. The lowest BCUT2D eigenvalue weighted by Gasteiger charge is -2.20. The first kappa shape index (κ1) is 13.4. The highest BCUT2D eigenvalue weighted by Crippen LogP contribution is 2.37. The number of hydrogen-bond acceptors (Lipinski definition) is 1. The number of rotatable bonds is 1. The molecule has 2 aromatic rings. The monoisotopic (exact) mass is 282 g/mol.